The third-order valence-electron chi connectivity index (χ3n) is 1.44. The number of hydrogen-bond acceptors (Lipinski definition) is 2. The molecular weight excluding hydrogens is 217 g/mol. The summed E-state index contributed by atoms with van der Waals surface area (Å²) >= 11 is 16.5. The van der Waals surface area contributed by atoms with Gasteiger partial charge < -0.3 is 0 Å². The van der Waals surface area contributed by atoms with Crippen LogP contribution in [0.3, 0.4) is 0 Å². The molecule has 0 amide bonds. The van der Waals surface area contributed by atoms with E-state index in [-0.39, 0.29) is 0 Å². The van der Waals surface area contributed by atoms with Crippen LogP contribution in [0, 0.1) is 4.77 Å². The van der Waals surface area contributed by atoms with Crippen LogP contribution >= 0.6 is 35.4 Å². The van der Waals surface area contributed by atoms with Crippen LogP contribution < -0.4 is 0 Å². The van der Waals surface area contributed by atoms with Gasteiger partial charge in [-0.2, -0.15) is 5.10 Å². The lowest BCUT2D eigenvalue weighted by Crippen LogP contribution is -1.84. The van der Waals surface area contributed by atoms with E-state index in [1.165, 1.54) is 0 Å². The standard InChI is InChI=1S/C6H3Cl2N3S/c7-3-1-4(8)5-9-10-6(12)11(5)2-3/h1-2H,(H,10,12). The predicted molar refractivity (Wildman–Crippen MR) is 50.4 cm³/mol. The van der Waals surface area contributed by atoms with Crippen molar-refractivity contribution in [2.75, 3.05) is 0 Å². The monoisotopic (exact) mass is 219 g/mol. The Kier molecular flexibility index (Phi) is 1.83. The topological polar surface area (TPSA) is 33.1 Å². The molecule has 0 bridgehead atoms. The molecule has 2 aromatic heterocycles. The fourth-order valence-corrected chi connectivity index (χ4v) is 1.64. The van der Waals surface area contributed by atoms with Crippen LogP contribution in [0.1, 0.15) is 0 Å². The van der Waals surface area contributed by atoms with Crippen LogP contribution in [-0.4, -0.2) is 14.6 Å². The van der Waals surface area contributed by atoms with Crippen molar-refractivity contribution in [1.29, 1.82) is 0 Å². The first-order chi connectivity index (χ1) is 5.68. The molecule has 0 saturated heterocycles. The fourth-order valence-electron chi connectivity index (χ4n) is 0.939. The quantitative estimate of drug-likeness (QED) is 0.692. The normalized spacial score (nSPS) is 10.8. The Bertz CT molecular complexity index is 487. The molecule has 3 nitrogen and oxygen atoms in total. The zero-order valence-corrected chi connectivity index (χ0v) is 8.04. The Balaban J connectivity index is 3.02. The van der Waals surface area contributed by atoms with E-state index in [0.717, 1.165) is 0 Å². The van der Waals surface area contributed by atoms with Crippen LogP contribution in [0.5, 0.6) is 0 Å². The number of fused-ring (bicyclic) bond motifs is 1. The summed E-state index contributed by atoms with van der Waals surface area (Å²) in [7, 11) is 0. The number of rotatable bonds is 0. The van der Waals surface area contributed by atoms with E-state index in [1.54, 1.807) is 16.7 Å². The summed E-state index contributed by atoms with van der Waals surface area (Å²) in [5.41, 5.74) is 0.589. The number of pyridine rings is 1. The predicted octanol–water partition coefficient (Wildman–Crippen LogP) is 2.70. The Labute approximate surface area is 82.9 Å². The van der Waals surface area contributed by atoms with E-state index in [2.05, 4.69) is 10.2 Å². The van der Waals surface area contributed by atoms with Crippen LogP contribution in [0.4, 0.5) is 0 Å². The van der Waals surface area contributed by atoms with Crippen molar-refractivity contribution in [3.05, 3.63) is 27.1 Å². The number of nitrogens with one attached hydrogen (secondary N) is 1. The van der Waals surface area contributed by atoms with Gasteiger partial charge in [0.25, 0.3) is 0 Å². The molecule has 2 heterocycles. The minimum Gasteiger partial charge on any atom is -0.273 e. The van der Waals surface area contributed by atoms with Gasteiger partial charge in [0.1, 0.15) is 0 Å². The molecule has 0 spiro atoms. The molecule has 0 fully saturated rings. The van der Waals surface area contributed by atoms with Gasteiger partial charge in [0.2, 0.25) is 0 Å². The van der Waals surface area contributed by atoms with Crippen molar-refractivity contribution in [3.63, 3.8) is 0 Å². The number of halogens is 2. The molecule has 12 heavy (non-hydrogen) atoms. The van der Waals surface area contributed by atoms with Gasteiger partial charge in [-0.25, -0.2) is 0 Å². The highest BCUT2D eigenvalue weighted by Gasteiger charge is 2.03. The average Bonchev–Trinajstić information content (AvgIpc) is 2.33. The first kappa shape index (κ1) is 8.04. The summed E-state index contributed by atoms with van der Waals surface area (Å²) in [5.74, 6) is 0. The SMILES string of the molecule is S=c1[nH]nc2c(Cl)cc(Cl)cn12. The van der Waals surface area contributed by atoms with Crippen molar-refractivity contribution in [2.45, 2.75) is 0 Å². The smallest absolute Gasteiger partial charge is 0.199 e. The van der Waals surface area contributed by atoms with Gasteiger partial charge in [-0.05, 0) is 18.3 Å². The summed E-state index contributed by atoms with van der Waals surface area (Å²) in [4.78, 5) is 0. The molecule has 62 valence electrons. The van der Waals surface area contributed by atoms with Gasteiger partial charge >= 0.3 is 0 Å². The maximum atomic E-state index is 5.84. The molecule has 0 atom stereocenters. The highest BCUT2D eigenvalue weighted by atomic mass is 35.5. The maximum absolute atomic E-state index is 5.84. The molecule has 0 aliphatic rings. The summed E-state index contributed by atoms with van der Waals surface area (Å²) in [6, 6.07) is 1.62. The summed E-state index contributed by atoms with van der Waals surface area (Å²) in [6.45, 7) is 0. The van der Waals surface area contributed by atoms with E-state index >= 15 is 0 Å². The molecule has 0 aliphatic heterocycles. The van der Waals surface area contributed by atoms with E-state index in [4.69, 9.17) is 35.4 Å². The molecule has 2 aromatic rings. The zero-order chi connectivity index (χ0) is 8.72. The Morgan fingerprint density at radius 1 is 1.50 bits per heavy atom. The molecule has 0 aromatic carbocycles. The van der Waals surface area contributed by atoms with Crippen molar-refractivity contribution in [1.82, 2.24) is 14.6 Å². The van der Waals surface area contributed by atoms with Gasteiger partial charge in [-0.1, -0.05) is 23.2 Å². The lowest BCUT2D eigenvalue weighted by molar-refractivity contribution is 1.07. The highest BCUT2D eigenvalue weighted by Crippen LogP contribution is 2.20. The molecular formula is C6H3Cl2N3S. The third kappa shape index (κ3) is 1.12. The molecule has 0 unspecified atom stereocenters. The fraction of sp³-hybridized carbons (Fsp3) is 0. The second kappa shape index (κ2) is 2.73. The molecule has 1 N–H and O–H groups in total. The number of nitrogens with zero attached hydrogens (tertiary/aromatic N) is 2. The second-order valence-corrected chi connectivity index (χ2v) is 3.46. The molecule has 2 rings (SSSR count). The average molecular weight is 220 g/mol. The lowest BCUT2D eigenvalue weighted by Gasteiger charge is -1.94. The van der Waals surface area contributed by atoms with E-state index < -0.39 is 0 Å². The lowest BCUT2D eigenvalue weighted by atomic mass is 10.5. The first-order valence-electron chi connectivity index (χ1n) is 3.10. The minimum atomic E-state index is 0.481. The summed E-state index contributed by atoms with van der Waals surface area (Å²) in [6.07, 6.45) is 1.66. The maximum Gasteiger partial charge on any atom is 0.199 e. The van der Waals surface area contributed by atoms with Crippen molar-refractivity contribution in [2.24, 2.45) is 0 Å². The Hall–Kier alpha value is -0.580. The summed E-state index contributed by atoms with van der Waals surface area (Å²) in [5, 5.41) is 7.55. The largest absolute Gasteiger partial charge is 0.273 e. The van der Waals surface area contributed by atoms with Gasteiger partial charge in [0.05, 0.1) is 10.0 Å². The number of aromatic nitrogens is 3. The van der Waals surface area contributed by atoms with Crippen molar-refractivity contribution < 1.29 is 0 Å². The summed E-state index contributed by atoms with van der Waals surface area (Å²) < 4.78 is 2.11. The second-order valence-electron chi connectivity index (χ2n) is 2.23. The highest BCUT2D eigenvalue weighted by molar-refractivity contribution is 7.71. The van der Waals surface area contributed by atoms with Gasteiger partial charge in [-0.3, -0.25) is 9.50 Å². The number of aromatic amines is 1. The van der Waals surface area contributed by atoms with Crippen LogP contribution in [0.25, 0.3) is 5.65 Å². The van der Waals surface area contributed by atoms with Crippen LogP contribution in [0.15, 0.2) is 12.3 Å². The first-order valence-corrected chi connectivity index (χ1v) is 4.26. The molecule has 0 saturated carbocycles. The number of hydrogen-bond donors (Lipinski definition) is 1. The van der Waals surface area contributed by atoms with E-state index in [0.29, 0.717) is 20.5 Å². The van der Waals surface area contributed by atoms with Crippen molar-refractivity contribution in [3.8, 4) is 0 Å². The Morgan fingerprint density at radius 2 is 2.25 bits per heavy atom. The molecule has 0 aliphatic carbocycles. The van der Waals surface area contributed by atoms with Gasteiger partial charge in [0, 0.05) is 6.20 Å². The Morgan fingerprint density at radius 3 is 3.00 bits per heavy atom. The van der Waals surface area contributed by atoms with Crippen LogP contribution in [0.2, 0.25) is 10.0 Å². The zero-order valence-electron chi connectivity index (χ0n) is 5.71. The van der Waals surface area contributed by atoms with Crippen molar-refractivity contribution >= 4 is 41.1 Å². The minimum absolute atomic E-state index is 0.481. The van der Waals surface area contributed by atoms with Crippen LogP contribution in [-0.2, 0) is 0 Å². The van der Waals surface area contributed by atoms with Gasteiger partial charge in [-0.15, -0.1) is 0 Å². The third-order valence-corrected chi connectivity index (χ3v) is 2.21. The van der Waals surface area contributed by atoms with Gasteiger partial charge in [0.15, 0.2) is 10.4 Å². The molecule has 6 heteroatoms. The van der Waals surface area contributed by atoms with E-state index in [9.17, 15) is 0 Å². The number of H-pyrrole nitrogens is 1. The van der Waals surface area contributed by atoms with E-state index in [1.807, 2.05) is 0 Å². The molecule has 0 radical (unpaired) electrons.